The van der Waals surface area contributed by atoms with Gasteiger partial charge in [0.25, 0.3) is 0 Å². The summed E-state index contributed by atoms with van der Waals surface area (Å²) in [4.78, 5) is 18.8. The Morgan fingerprint density at radius 2 is 1.72 bits per heavy atom. The third-order valence-electron chi connectivity index (χ3n) is 5.57. The van der Waals surface area contributed by atoms with Gasteiger partial charge >= 0.3 is 0 Å². The number of thiophene rings is 1. The summed E-state index contributed by atoms with van der Waals surface area (Å²) in [5, 5.41) is 12.4. The summed E-state index contributed by atoms with van der Waals surface area (Å²) in [6.07, 6.45) is 0. The molecule has 6 heteroatoms. The van der Waals surface area contributed by atoms with Gasteiger partial charge in [-0.15, -0.1) is 11.3 Å². The molecule has 5 aromatic rings. The third-order valence-corrected chi connectivity index (χ3v) is 6.67. The highest BCUT2D eigenvalue weighted by molar-refractivity contribution is 7.21. The van der Waals surface area contributed by atoms with Gasteiger partial charge in [-0.2, -0.15) is 5.26 Å². The van der Waals surface area contributed by atoms with E-state index in [1.165, 1.54) is 11.3 Å². The van der Waals surface area contributed by atoms with E-state index in [0.29, 0.717) is 31.9 Å². The van der Waals surface area contributed by atoms with Crippen LogP contribution in [0.2, 0.25) is 0 Å². The van der Waals surface area contributed by atoms with Crippen LogP contribution in [0.25, 0.3) is 32.1 Å². The van der Waals surface area contributed by atoms with Crippen LogP contribution in [0.1, 0.15) is 26.4 Å². The highest BCUT2D eigenvalue weighted by atomic mass is 32.1. The molecule has 0 spiro atoms. The lowest BCUT2D eigenvalue weighted by molar-refractivity contribution is 0.104. The summed E-state index contributed by atoms with van der Waals surface area (Å²) in [5.74, 6) is -0.0512. The number of fused-ring (bicyclic) bond motifs is 2. The number of nitriles is 1. The standard InChI is InChI=1S/C26H18N4OS/c1-14-6-8-16(9-7-14)20-19(13-27)25(29)30-26-21(20)22(28)24(32-26)23(31)18-11-10-15-4-2-3-5-17(15)12-18/h2-12H,28H2,1H3,(H2,29,30). The van der Waals surface area contributed by atoms with Crippen molar-refractivity contribution in [2.45, 2.75) is 6.92 Å². The van der Waals surface area contributed by atoms with Gasteiger partial charge in [-0.3, -0.25) is 4.79 Å². The molecule has 0 unspecified atom stereocenters. The van der Waals surface area contributed by atoms with Crippen molar-refractivity contribution in [1.29, 1.82) is 5.26 Å². The molecule has 0 aliphatic heterocycles. The van der Waals surface area contributed by atoms with Gasteiger partial charge in [0, 0.05) is 16.5 Å². The van der Waals surface area contributed by atoms with E-state index in [-0.39, 0.29) is 17.2 Å². The highest BCUT2D eigenvalue weighted by Crippen LogP contribution is 2.43. The number of carbonyl (C=O) groups excluding carboxylic acids is 1. The van der Waals surface area contributed by atoms with E-state index in [9.17, 15) is 10.1 Å². The first-order chi connectivity index (χ1) is 15.5. The van der Waals surface area contributed by atoms with Gasteiger partial charge in [-0.05, 0) is 29.3 Å². The number of anilines is 2. The number of nitrogens with two attached hydrogens (primary N) is 2. The SMILES string of the molecule is Cc1ccc(-c2c(C#N)c(N)nc3sc(C(=O)c4ccc5ccccc5c4)c(N)c23)cc1. The molecule has 3 aromatic carbocycles. The second-order valence-corrected chi connectivity index (χ2v) is 8.64. The number of aryl methyl sites for hydroxylation is 1. The molecule has 0 saturated heterocycles. The summed E-state index contributed by atoms with van der Waals surface area (Å²) in [7, 11) is 0. The van der Waals surface area contributed by atoms with Gasteiger partial charge in [-0.25, -0.2) is 4.98 Å². The van der Waals surface area contributed by atoms with Crippen LogP contribution in [0.3, 0.4) is 0 Å². The zero-order chi connectivity index (χ0) is 22.4. The lowest BCUT2D eigenvalue weighted by Gasteiger charge is -2.10. The monoisotopic (exact) mass is 434 g/mol. The number of nitrogen functional groups attached to an aromatic ring is 2. The summed E-state index contributed by atoms with van der Waals surface area (Å²) in [6, 6.07) is 23.4. The molecule has 0 aliphatic carbocycles. The minimum absolute atomic E-state index is 0.126. The second kappa shape index (κ2) is 7.49. The van der Waals surface area contributed by atoms with Crippen LogP contribution in [-0.2, 0) is 0 Å². The first-order valence-electron chi connectivity index (χ1n) is 10.00. The van der Waals surface area contributed by atoms with Gasteiger partial charge in [0.05, 0.1) is 5.69 Å². The molecular formula is C26H18N4OS. The maximum absolute atomic E-state index is 13.4. The first-order valence-corrected chi connectivity index (χ1v) is 10.8. The molecule has 0 aliphatic rings. The summed E-state index contributed by atoms with van der Waals surface area (Å²) >= 11 is 1.20. The third kappa shape index (κ3) is 3.08. The minimum atomic E-state index is -0.178. The van der Waals surface area contributed by atoms with E-state index in [0.717, 1.165) is 21.9 Å². The Hall–Kier alpha value is -4.21. The van der Waals surface area contributed by atoms with E-state index in [2.05, 4.69) is 11.1 Å². The lowest BCUT2D eigenvalue weighted by Crippen LogP contribution is -2.03. The smallest absolute Gasteiger partial charge is 0.205 e. The Bertz CT molecular complexity index is 1580. The molecule has 0 amide bonds. The molecule has 32 heavy (non-hydrogen) atoms. The normalized spacial score (nSPS) is 11.0. The van der Waals surface area contributed by atoms with E-state index in [1.54, 1.807) is 6.07 Å². The van der Waals surface area contributed by atoms with Crippen LogP contribution >= 0.6 is 11.3 Å². The average Bonchev–Trinajstić information content (AvgIpc) is 3.13. The molecule has 2 aromatic heterocycles. The topological polar surface area (TPSA) is 106 Å². The van der Waals surface area contributed by atoms with Gasteiger partial charge in [0.1, 0.15) is 27.2 Å². The van der Waals surface area contributed by atoms with Gasteiger partial charge in [0.2, 0.25) is 5.78 Å². The number of benzene rings is 3. The van der Waals surface area contributed by atoms with Gasteiger partial charge < -0.3 is 11.5 Å². The predicted molar refractivity (Wildman–Crippen MR) is 131 cm³/mol. The molecule has 154 valence electrons. The number of ketones is 1. The van der Waals surface area contributed by atoms with Crippen molar-refractivity contribution >= 4 is 49.6 Å². The van der Waals surface area contributed by atoms with Crippen LogP contribution in [0.15, 0.2) is 66.7 Å². The maximum Gasteiger partial charge on any atom is 0.205 e. The predicted octanol–water partition coefficient (Wildman–Crippen LogP) is 5.69. The summed E-state index contributed by atoms with van der Waals surface area (Å²) < 4.78 is 0. The number of aromatic nitrogens is 1. The molecule has 2 heterocycles. The molecule has 4 N–H and O–H groups in total. The maximum atomic E-state index is 13.4. The van der Waals surface area contributed by atoms with Crippen LogP contribution in [0.4, 0.5) is 11.5 Å². The molecule has 0 saturated carbocycles. The number of hydrogen-bond acceptors (Lipinski definition) is 6. The second-order valence-electron chi connectivity index (χ2n) is 7.64. The Labute approximate surface area is 188 Å². The van der Waals surface area contributed by atoms with Crippen LogP contribution in [0.5, 0.6) is 0 Å². The molecule has 0 bridgehead atoms. The minimum Gasteiger partial charge on any atom is -0.397 e. The molecule has 5 rings (SSSR count). The fourth-order valence-electron chi connectivity index (χ4n) is 3.92. The molecule has 0 atom stereocenters. The lowest BCUT2D eigenvalue weighted by atomic mass is 9.96. The Morgan fingerprint density at radius 1 is 1.00 bits per heavy atom. The number of pyridine rings is 1. The number of rotatable bonds is 3. The van der Waals surface area contributed by atoms with Crippen LogP contribution < -0.4 is 11.5 Å². The summed E-state index contributed by atoms with van der Waals surface area (Å²) in [5.41, 5.74) is 16.3. The quantitative estimate of drug-likeness (QED) is 0.355. The van der Waals surface area contributed by atoms with E-state index in [4.69, 9.17) is 11.5 Å². The van der Waals surface area contributed by atoms with Crippen molar-refractivity contribution in [3.63, 3.8) is 0 Å². The molecule has 0 radical (unpaired) electrons. The number of hydrogen-bond donors (Lipinski definition) is 2. The van der Waals surface area contributed by atoms with Crippen molar-refractivity contribution in [3.05, 3.63) is 88.3 Å². The Balaban J connectivity index is 1.74. The van der Waals surface area contributed by atoms with Crippen LogP contribution in [-0.4, -0.2) is 10.8 Å². The van der Waals surface area contributed by atoms with E-state index >= 15 is 0 Å². The van der Waals surface area contributed by atoms with Crippen molar-refractivity contribution in [2.24, 2.45) is 0 Å². The van der Waals surface area contributed by atoms with Crippen molar-refractivity contribution in [2.75, 3.05) is 11.5 Å². The number of nitrogens with zero attached hydrogens (tertiary/aromatic N) is 2. The van der Waals surface area contributed by atoms with E-state index in [1.807, 2.05) is 67.6 Å². The largest absolute Gasteiger partial charge is 0.397 e. The van der Waals surface area contributed by atoms with Crippen molar-refractivity contribution in [3.8, 4) is 17.2 Å². The van der Waals surface area contributed by atoms with Gasteiger partial charge in [-0.1, -0.05) is 66.2 Å². The zero-order valence-corrected chi connectivity index (χ0v) is 18.0. The fourth-order valence-corrected chi connectivity index (χ4v) is 5.00. The molecule has 0 fully saturated rings. The molecular weight excluding hydrogens is 416 g/mol. The zero-order valence-electron chi connectivity index (χ0n) is 17.2. The molecule has 5 nitrogen and oxygen atoms in total. The van der Waals surface area contributed by atoms with Crippen molar-refractivity contribution in [1.82, 2.24) is 4.98 Å². The van der Waals surface area contributed by atoms with Crippen LogP contribution in [0, 0.1) is 18.3 Å². The Morgan fingerprint density at radius 3 is 2.44 bits per heavy atom. The first kappa shape index (κ1) is 19.7. The van der Waals surface area contributed by atoms with Crippen molar-refractivity contribution < 1.29 is 4.79 Å². The average molecular weight is 435 g/mol. The Kier molecular flexibility index (Phi) is 4.62. The highest BCUT2D eigenvalue weighted by Gasteiger charge is 2.25. The van der Waals surface area contributed by atoms with Gasteiger partial charge in [0.15, 0.2) is 0 Å². The van der Waals surface area contributed by atoms with E-state index < -0.39 is 0 Å². The summed E-state index contributed by atoms with van der Waals surface area (Å²) in [6.45, 7) is 1.99. The number of carbonyl (C=O) groups is 1. The fraction of sp³-hybridized carbons (Fsp3) is 0.0385.